The predicted octanol–water partition coefficient (Wildman–Crippen LogP) is -0.223. The van der Waals surface area contributed by atoms with Crippen LogP contribution in [0.15, 0.2) is 4.99 Å². The van der Waals surface area contributed by atoms with Crippen LogP contribution < -0.4 is 17.2 Å². The lowest BCUT2D eigenvalue weighted by Gasteiger charge is -2.05. The summed E-state index contributed by atoms with van der Waals surface area (Å²) in [5.74, 6) is 0.162. The largest absolute Gasteiger partial charge is 0.370 e. The van der Waals surface area contributed by atoms with E-state index in [1.807, 2.05) is 0 Å². The van der Waals surface area contributed by atoms with Gasteiger partial charge >= 0.3 is 0 Å². The van der Waals surface area contributed by atoms with Gasteiger partial charge in [0.1, 0.15) is 0 Å². The van der Waals surface area contributed by atoms with Crippen molar-refractivity contribution in [3.63, 3.8) is 0 Å². The molecule has 0 spiro atoms. The van der Waals surface area contributed by atoms with E-state index in [9.17, 15) is 0 Å². The lowest BCUT2D eigenvalue weighted by atomic mass is 10.1. The van der Waals surface area contributed by atoms with Crippen LogP contribution in [-0.2, 0) is 0 Å². The number of hydrogen-bond donors (Lipinski definition) is 3. The topological polar surface area (TPSA) is 90.4 Å². The number of hydrogen-bond acceptors (Lipinski definition) is 2. The van der Waals surface area contributed by atoms with E-state index >= 15 is 0 Å². The average Bonchev–Trinajstić information content (AvgIpc) is 1.97. The van der Waals surface area contributed by atoms with E-state index in [1.165, 1.54) is 0 Å². The number of aliphatic imine (C=N–C) groups is 1. The molecule has 0 saturated carbocycles. The lowest BCUT2D eigenvalue weighted by Crippen LogP contribution is -2.23. The molecule has 4 nitrogen and oxygen atoms in total. The summed E-state index contributed by atoms with van der Waals surface area (Å²) in [5.41, 5.74) is 16.0. The van der Waals surface area contributed by atoms with Crippen LogP contribution >= 0.6 is 0 Å². The Hall–Kier alpha value is -0.770. The molecule has 0 rings (SSSR count). The third-order valence-electron chi connectivity index (χ3n) is 1.55. The highest BCUT2D eigenvalue weighted by Gasteiger charge is 1.96. The molecule has 0 fully saturated rings. The fourth-order valence-corrected chi connectivity index (χ4v) is 0.766. The van der Waals surface area contributed by atoms with E-state index in [0.717, 1.165) is 19.3 Å². The van der Waals surface area contributed by atoms with Crippen molar-refractivity contribution in [2.75, 3.05) is 6.54 Å². The molecule has 0 amide bonds. The second-order valence-corrected chi connectivity index (χ2v) is 2.62. The van der Waals surface area contributed by atoms with Crippen LogP contribution in [0.4, 0.5) is 0 Å². The van der Waals surface area contributed by atoms with Crippen LogP contribution in [0.2, 0.25) is 0 Å². The first kappa shape index (κ1) is 10.2. The Labute approximate surface area is 67.8 Å². The van der Waals surface area contributed by atoms with E-state index in [2.05, 4.69) is 11.9 Å². The highest BCUT2D eigenvalue weighted by molar-refractivity contribution is 5.75. The van der Waals surface area contributed by atoms with Crippen LogP contribution in [0.1, 0.15) is 26.2 Å². The van der Waals surface area contributed by atoms with Crippen molar-refractivity contribution in [2.24, 2.45) is 22.2 Å². The van der Waals surface area contributed by atoms with Crippen LogP contribution in [-0.4, -0.2) is 18.5 Å². The van der Waals surface area contributed by atoms with Gasteiger partial charge in [-0.05, 0) is 19.3 Å². The molecule has 0 unspecified atom stereocenters. The predicted molar refractivity (Wildman–Crippen MR) is 48.2 cm³/mol. The van der Waals surface area contributed by atoms with Gasteiger partial charge in [-0.1, -0.05) is 6.92 Å². The molecule has 0 aliphatic rings. The summed E-state index contributed by atoms with van der Waals surface area (Å²) in [7, 11) is 0. The zero-order valence-corrected chi connectivity index (χ0v) is 7.09. The normalized spacial score (nSPS) is 12.5. The van der Waals surface area contributed by atoms with E-state index < -0.39 is 0 Å². The Balaban J connectivity index is 3.21. The van der Waals surface area contributed by atoms with Crippen molar-refractivity contribution in [1.82, 2.24) is 0 Å². The van der Waals surface area contributed by atoms with Gasteiger partial charge in [0.05, 0.1) is 0 Å². The second-order valence-electron chi connectivity index (χ2n) is 2.62. The van der Waals surface area contributed by atoms with E-state index in [-0.39, 0.29) is 5.96 Å². The molecule has 0 aromatic heterocycles. The molecule has 6 N–H and O–H groups in total. The van der Waals surface area contributed by atoms with Gasteiger partial charge in [-0.25, -0.2) is 0 Å². The van der Waals surface area contributed by atoms with Crippen LogP contribution in [0, 0.1) is 0 Å². The number of nitrogens with two attached hydrogens (primary N) is 3. The summed E-state index contributed by atoms with van der Waals surface area (Å²) >= 11 is 0. The number of rotatable bonds is 5. The first-order valence-corrected chi connectivity index (χ1v) is 3.97. The summed E-state index contributed by atoms with van der Waals surface area (Å²) in [4.78, 5) is 3.85. The van der Waals surface area contributed by atoms with Gasteiger partial charge < -0.3 is 17.2 Å². The molecule has 0 heterocycles. The molecule has 4 heteroatoms. The Bertz CT molecular complexity index is 118. The maximum Gasteiger partial charge on any atom is 0.185 e. The quantitative estimate of drug-likeness (QED) is 0.293. The summed E-state index contributed by atoms with van der Waals surface area (Å²) in [6.45, 7) is 2.77. The Morgan fingerprint density at radius 2 is 2.09 bits per heavy atom. The zero-order valence-electron chi connectivity index (χ0n) is 7.09. The fourth-order valence-electron chi connectivity index (χ4n) is 0.766. The maximum absolute atomic E-state index is 5.68. The maximum atomic E-state index is 5.68. The molecule has 0 bridgehead atoms. The van der Waals surface area contributed by atoms with Crippen molar-refractivity contribution < 1.29 is 0 Å². The van der Waals surface area contributed by atoms with Gasteiger partial charge in [0.15, 0.2) is 5.96 Å². The molecule has 66 valence electrons. The van der Waals surface area contributed by atoms with Gasteiger partial charge in [0, 0.05) is 12.6 Å². The Morgan fingerprint density at radius 1 is 1.45 bits per heavy atom. The molecular weight excluding hydrogens is 140 g/mol. The van der Waals surface area contributed by atoms with Crippen molar-refractivity contribution in [1.29, 1.82) is 0 Å². The van der Waals surface area contributed by atoms with Gasteiger partial charge in [-0.2, -0.15) is 0 Å². The third-order valence-corrected chi connectivity index (χ3v) is 1.55. The SMILES string of the molecule is CC[C@@H](N)CCCN=C(N)N. The van der Waals surface area contributed by atoms with Crippen molar-refractivity contribution >= 4 is 5.96 Å². The first-order valence-electron chi connectivity index (χ1n) is 3.97. The average molecular weight is 158 g/mol. The third kappa shape index (κ3) is 7.12. The minimum atomic E-state index is 0.162. The molecule has 0 radical (unpaired) electrons. The zero-order chi connectivity index (χ0) is 8.69. The molecule has 1 atom stereocenters. The molecule has 11 heavy (non-hydrogen) atoms. The summed E-state index contributed by atoms with van der Waals surface area (Å²) in [6.07, 6.45) is 2.97. The molecule has 0 aromatic rings. The summed E-state index contributed by atoms with van der Waals surface area (Å²) < 4.78 is 0. The van der Waals surface area contributed by atoms with Crippen LogP contribution in [0.3, 0.4) is 0 Å². The van der Waals surface area contributed by atoms with Crippen LogP contribution in [0.5, 0.6) is 0 Å². The molecule has 0 aromatic carbocycles. The van der Waals surface area contributed by atoms with Crippen molar-refractivity contribution in [3.8, 4) is 0 Å². The number of nitrogens with zero attached hydrogens (tertiary/aromatic N) is 1. The first-order chi connectivity index (χ1) is 5.16. The van der Waals surface area contributed by atoms with Gasteiger partial charge in [-0.15, -0.1) is 0 Å². The smallest absolute Gasteiger partial charge is 0.185 e. The monoisotopic (exact) mass is 158 g/mol. The highest BCUT2D eigenvalue weighted by atomic mass is 15.0. The van der Waals surface area contributed by atoms with Gasteiger partial charge in [-0.3, -0.25) is 4.99 Å². The standard InChI is InChI=1S/C7H18N4/c1-2-6(8)4-3-5-11-7(9)10/h6H,2-5,8H2,1H3,(H4,9,10,11)/t6-/m1/s1. The molecule has 0 aliphatic carbocycles. The minimum absolute atomic E-state index is 0.162. The van der Waals surface area contributed by atoms with E-state index in [0.29, 0.717) is 12.6 Å². The lowest BCUT2D eigenvalue weighted by molar-refractivity contribution is 0.573. The summed E-state index contributed by atoms with van der Waals surface area (Å²) in [5, 5.41) is 0. The van der Waals surface area contributed by atoms with Crippen LogP contribution in [0.25, 0.3) is 0 Å². The van der Waals surface area contributed by atoms with Crippen molar-refractivity contribution in [3.05, 3.63) is 0 Å². The molecule has 0 aliphatic heterocycles. The molecular formula is C7H18N4. The van der Waals surface area contributed by atoms with E-state index in [1.54, 1.807) is 0 Å². The fraction of sp³-hybridized carbons (Fsp3) is 0.857. The number of guanidine groups is 1. The Kier molecular flexibility index (Phi) is 5.56. The van der Waals surface area contributed by atoms with Gasteiger partial charge in [0.25, 0.3) is 0 Å². The summed E-state index contributed by atoms with van der Waals surface area (Å²) in [6, 6.07) is 0.296. The molecule has 0 saturated heterocycles. The highest BCUT2D eigenvalue weighted by Crippen LogP contribution is 1.97. The minimum Gasteiger partial charge on any atom is -0.370 e. The van der Waals surface area contributed by atoms with E-state index in [4.69, 9.17) is 17.2 Å². The van der Waals surface area contributed by atoms with Gasteiger partial charge in [0.2, 0.25) is 0 Å². The Morgan fingerprint density at radius 3 is 2.55 bits per heavy atom. The van der Waals surface area contributed by atoms with Crippen molar-refractivity contribution in [2.45, 2.75) is 32.2 Å². The second kappa shape index (κ2) is 5.97.